The Morgan fingerprint density at radius 3 is 2.50 bits per heavy atom. The minimum Gasteiger partial charge on any atom is -0.497 e. The Hall–Kier alpha value is -2.59. The summed E-state index contributed by atoms with van der Waals surface area (Å²) in [5, 5.41) is 0. The van der Waals surface area contributed by atoms with Gasteiger partial charge >= 0.3 is 5.97 Å². The second kappa shape index (κ2) is 9.56. The molecule has 0 bridgehead atoms. The van der Waals surface area contributed by atoms with E-state index in [0.29, 0.717) is 18.8 Å². The van der Waals surface area contributed by atoms with Gasteiger partial charge in [0.25, 0.3) is 0 Å². The molecule has 2 aromatic carbocycles. The van der Waals surface area contributed by atoms with Crippen LogP contribution in [0.2, 0.25) is 0 Å². The van der Waals surface area contributed by atoms with E-state index in [2.05, 4.69) is 24.3 Å². The summed E-state index contributed by atoms with van der Waals surface area (Å²) in [5.41, 5.74) is 2.98. The van der Waals surface area contributed by atoms with Crippen LogP contribution in [0.1, 0.15) is 31.1 Å². The highest BCUT2D eigenvalue weighted by atomic mass is 16.5. The van der Waals surface area contributed by atoms with Crippen molar-refractivity contribution < 1.29 is 19.0 Å². The highest BCUT2D eigenvalue weighted by Crippen LogP contribution is 2.40. The van der Waals surface area contributed by atoms with Crippen molar-refractivity contribution in [1.29, 1.82) is 0 Å². The summed E-state index contributed by atoms with van der Waals surface area (Å²) in [6.45, 7) is 4.62. The quantitative estimate of drug-likeness (QED) is 0.514. The monoisotopic (exact) mass is 380 g/mol. The second-order valence-electron chi connectivity index (χ2n) is 7.21. The van der Waals surface area contributed by atoms with E-state index in [1.807, 2.05) is 37.3 Å². The molecule has 1 heterocycles. The highest BCUT2D eigenvalue weighted by Gasteiger charge is 2.39. The fourth-order valence-corrected chi connectivity index (χ4v) is 3.61. The van der Waals surface area contributed by atoms with Gasteiger partial charge in [0, 0.05) is 11.5 Å². The average molecular weight is 380 g/mol. The van der Waals surface area contributed by atoms with Crippen molar-refractivity contribution in [2.45, 2.75) is 26.4 Å². The molecule has 4 nitrogen and oxygen atoms in total. The zero-order valence-electron chi connectivity index (χ0n) is 16.8. The number of hydrogen-bond acceptors (Lipinski definition) is 4. The predicted octanol–water partition coefficient (Wildman–Crippen LogP) is 4.75. The molecule has 0 aromatic heterocycles. The third-order valence-corrected chi connectivity index (χ3v) is 5.43. The van der Waals surface area contributed by atoms with E-state index in [9.17, 15) is 4.79 Å². The molecule has 1 aliphatic rings. The lowest BCUT2D eigenvalue weighted by Gasteiger charge is -2.23. The van der Waals surface area contributed by atoms with E-state index in [4.69, 9.17) is 14.2 Å². The lowest BCUT2D eigenvalue weighted by Crippen LogP contribution is -2.24. The van der Waals surface area contributed by atoms with Gasteiger partial charge < -0.3 is 14.2 Å². The first-order valence-corrected chi connectivity index (χ1v) is 9.72. The molecule has 0 unspecified atom stereocenters. The van der Waals surface area contributed by atoms with Crippen LogP contribution in [0.25, 0.3) is 0 Å². The van der Waals surface area contributed by atoms with Gasteiger partial charge in [0.1, 0.15) is 5.75 Å². The van der Waals surface area contributed by atoms with E-state index in [0.717, 1.165) is 17.7 Å². The molecule has 0 radical (unpaired) electrons. The van der Waals surface area contributed by atoms with Gasteiger partial charge in [0.15, 0.2) is 0 Å². The van der Waals surface area contributed by atoms with Crippen molar-refractivity contribution in [2.75, 3.05) is 20.3 Å². The fraction of sp³-hybridized carbons (Fsp3) is 0.375. The molecule has 1 fully saturated rings. The Balaban J connectivity index is 1.76. The van der Waals surface area contributed by atoms with Crippen molar-refractivity contribution in [3.8, 4) is 5.75 Å². The van der Waals surface area contributed by atoms with Crippen LogP contribution < -0.4 is 4.74 Å². The number of benzene rings is 2. The maximum absolute atomic E-state index is 12.2. The minimum atomic E-state index is -0.260. The SMILES string of the molecule is C/C=C(/C)C(=O)OC[C@H]1[C@@H](Cc2ccc(OC)cc2)CO[C@@H]1c1ccccc1. The highest BCUT2D eigenvalue weighted by molar-refractivity contribution is 5.87. The van der Waals surface area contributed by atoms with Crippen LogP contribution in [0.4, 0.5) is 0 Å². The number of ether oxygens (including phenoxy) is 3. The number of carbonyl (C=O) groups is 1. The summed E-state index contributed by atoms with van der Waals surface area (Å²) in [4.78, 5) is 12.2. The molecule has 3 rings (SSSR count). The maximum atomic E-state index is 12.2. The molecule has 28 heavy (non-hydrogen) atoms. The smallest absolute Gasteiger partial charge is 0.333 e. The van der Waals surface area contributed by atoms with Crippen LogP contribution in [-0.2, 0) is 20.7 Å². The van der Waals surface area contributed by atoms with Crippen LogP contribution in [0.3, 0.4) is 0 Å². The molecular weight excluding hydrogens is 352 g/mol. The van der Waals surface area contributed by atoms with Crippen molar-refractivity contribution in [3.05, 3.63) is 77.4 Å². The summed E-state index contributed by atoms with van der Waals surface area (Å²) in [7, 11) is 1.67. The molecule has 0 spiro atoms. The molecule has 3 atom stereocenters. The number of rotatable bonds is 7. The number of esters is 1. The standard InChI is InChI=1S/C24H28O4/c1-4-17(2)24(25)28-16-22-20(14-18-10-12-21(26-3)13-11-18)15-27-23(22)19-8-6-5-7-9-19/h4-13,20,22-23H,14-16H2,1-3H3/b17-4-/t20-,22-,23+/m0/s1. The maximum Gasteiger partial charge on any atom is 0.333 e. The van der Waals surface area contributed by atoms with Gasteiger partial charge in [-0.15, -0.1) is 0 Å². The summed E-state index contributed by atoms with van der Waals surface area (Å²) >= 11 is 0. The van der Waals surface area contributed by atoms with Gasteiger partial charge in [-0.25, -0.2) is 4.79 Å². The molecule has 2 aromatic rings. The third kappa shape index (κ3) is 4.82. The van der Waals surface area contributed by atoms with Crippen LogP contribution in [-0.4, -0.2) is 26.3 Å². The molecule has 0 aliphatic carbocycles. The van der Waals surface area contributed by atoms with Crippen molar-refractivity contribution >= 4 is 5.97 Å². The molecular formula is C24H28O4. The van der Waals surface area contributed by atoms with Gasteiger partial charge in [0.2, 0.25) is 0 Å². The third-order valence-electron chi connectivity index (χ3n) is 5.43. The lowest BCUT2D eigenvalue weighted by molar-refractivity contribution is -0.141. The Morgan fingerprint density at radius 1 is 1.14 bits per heavy atom. The van der Waals surface area contributed by atoms with Crippen molar-refractivity contribution in [1.82, 2.24) is 0 Å². The van der Waals surface area contributed by atoms with Crippen molar-refractivity contribution in [2.24, 2.45) is 11.8 Å². The van der Waals surface area contributed by atoms with Crippen LogP contribution in [0.15, 0.2) is 66.2 Å². The molecule has 148 valence electrons. The molecule has 4 heteroatoms. The number of methoxy groups -OCH3 is 1. The summed E-state index contributed by atoms with van der Waals surface area (Å²) in [6.07, 6.45) is 2.58. The zero-order chi connectivity index (χ0) is 19.9. The summed E-state index contributed by atoms with van der Waals surface area (Å²) < 4.78 is 17.0. The molecule has 1 aliphatic heterocycles. The summed E-state index contributed by atoms with van der Waals surface area (Å²) in [6, 6.07) is 18.3. The zero-order valence-corrected chi connectivity index (χ0v) is 16.8. The molecule has 0 saturated carbocycles. The normalized spacial score (nSPS) is 22.1. The first-order valence-electron chi connectivity index (χ1n) is 9.72. The van der Waals surface area contributed by atoms with E-state index < -0.39 is 0 Å². The second-order valence-corrected chi connectivity index (χ2v) is 7.21. The largest absolute Gasteiger partial charge is 0.497 e. The Bertz CT molecular complexity index is 795. The molecule has 0 amide bonds. The Labute approximate surface area is 167 Å². The summed E-state index contributed by atoms with van der Waals surface area (Å²) in [5.74, 6) is 0.973. The van der Waals surface area contributed by atoms with E-state index >= 15 is 0 Å². The topological polar surface area (TPSA) is 44.8 Å². The van der Waals surface area contributed by atoms with E-state index in [1.54, 1.807) is 20.1 Å². The average Bonchev–Trinajstić information content (AvgIpc) is 3.14. The van der Waals surface area contributed by atoms with Gasteiger partial charge in [-0.05, 0) is 49.4 Å². The Kier molecular flexibility index (Phi) is 6.88. The van der Waals surface area contributed by atoms with Crippen LogP contribution in [0.5, 0.6) is 5.75 Å². The lowest BCUT2D eigenvalue weighted by atomic mass is 9.84. The van der Waals surface area contributed by atoms with Crippen LogP contribution >= 0.6 is 0 Å². The number of allylic oxidation sites excluding steroid dienone is 1. The van der Waals surface area contributed by atoms with Gasteiger partial charge in [0.05, 0.1) is 26.4 Å². The van der Waals surface area contributed by atoms with E-state index in [1.165, 1.54) is 5.56 Å². The molecule has 0 N–H and O–H groups in total. The van der Waals surface area contributed by atoms with Crippen molar-refractivity contribution in [3.63, 3.8) is 0 Å². The van der Waals surface area contributed by atoms with E-state index in [-0.39, 0.29) is 23.9 Å². The minimum absolute atomic E-state index is 0.0665. The first-order chi connectivity index (χ1) is 13.6. The molecule has 1 saturated heterocycles. The first kappa shape index (κ1) is 20.2. The fourth-order valence-electron chi connectivity index (χ4n) is 3.61. The van der Waals surface area contributed by atoms with Gasteiger partial charge in [-0.3, -0.25) is 0 Å². The predicted molar refractivity (Wildman–Crippen MR) is 109 cm³/mol. The number of hydrogen-bond donors (Lipinski definition) is 0. The van der Waals surface area contributed by atoms with Gasteiger partial charge in [-0.1, -0.05) is 48.5 Å². The van der Waals surface area contributed by atoms with Gasteiger partial charge in [-0.2, -0.15) is 0 Å². The Morgan fingerprint density at radius 2 is 1.86 bits per heavy atom. The number of carbonyl (C=O) groups excluding carboxylic acids is 1. The van der Waals surface area contributed by atoms with Crippen LogP contribution in [0, 0.1) is 11.8 Å².